The number of phenols is 1. The minimum atomic E-state index is -1.86. The van der Waals surface area contributed by atoms with E-state index in [0.717, 1.165) is 17.7 Å². The first-order chi connectivity index (χ1) is 44.2. The van der Waals surface area contributed by atoms with Crippen LogP contribution in [0.2, 0.25) is 5.02 Å². The number of guanidine groups is 1. The molecule has 0 saturated carbocycles. The van der Waals surface area contributed by atoms with Gasteiger partial charge in [-0.05, 0) is 96.7 Å². The van der Waals surface area contributed by atoms with Gasteiger partial charge in [-0.15, -0.1) is 0 Å². The molecular weight excluding hydrogens is 1230 g/mol. The van der Waals surface area contributed by atoms with Gasteiger partial charge in [0, 0.05) is 50.8 Å². The number of aromatic hydroxyl groups is 1. The SMILES string of the molecule is CC(=O)N[C@H]1CC(=O)N[C@H](C(=O)N[C@@H](CO)C(=O)N[C@@H](Cc2ccc(O)cc2)C(=O)N[C@H](Cc2ccc3ccccc3c2)C(=O)N[C@H](CC(C)C)C(=O)N[C@@H](CCCN=C(N)N)C(=O)N2CCC[C@H]2C(=O)N[C@H](C)C(N)=O)CNC(=O)[C@@H](Cc2ccc(Cl)cc2)NC1=O. The van der Waals surface area contributed by atoms with Gasteiger partial charge in [-0.25, -0.2) is 0 Å². The van der Waals surface area contributed by atoms with Gasteiger partial charge in [-0.1, -0.05) is 92.2 Å². The van der Waals surface area contributed by atoms with Crippen LogP contribution in [0.15, 0.2) is 96.0 Å². The van der Waals surface area contributed by atoms with Gasteiger partial charge in [0.25, 0.3) is 0 Å². The molecule has 18 N–H and O–H groups in total. The number of aliphatic imine (C=N–C) groups is 1. The molecule has 2 aliphatic rings. The molecule has 30 heteroatoms. The number of halogens is 1. The number of hydrogen-bond acceptors (Lipinski definition) is 15. The molecule has 0 bridgehead atoms. The van der Waals surface area contributed by atoms with Crippen LogP contribution in [-0.2, 0) is 76.8 Å². The maximum atomic E-state index is 15.0. The van der Waals surface area contributed by atoms with Crippen LogP contribution in [0, 0.1) is 5.92 Å². The third-order valence-electron chi connectivity index (χ3n) is 15.4. The Morgan fingerprint density at radius 1 is 0.688 bits per heavy atom. The van der Waals surface area contributed by atoms with E-state index < -0.39 is 151 Å². The highest BCUT2D eigenvalue weighted by Gasteiger charge is 2.40. The number of likely N-dealkylation sites (tertiary alicyclic amines) is 1. The number of fused-ring (bicyclic) bond motifs is 1. The number of primary amides is 1. The lowest BCUT2D eigenvalue weighted by atomic mass is 9.98. The lowest BCUT2D eigenvalue weighted by molar-refractivity contribution is -0.142. The van der Waals surface area contributed by atoms with E-state index in [-0.39, 0.29) is 75.7 Å². The Morgan fingerprint density at radius 2 is 1.28 bits per heavy atom. The molecular formula is C63H82ClN15O14. The average Bonchev–Trinajstić information content (AvgIpc) is 1.90. The van der Waals surface area contributed by atoms with Crippen molar-refractivity contribution in [2.75, 3.05) is 26.2 Å². The first kappa shape index (κ1) is 72.2. The largest absolute Gasteiger partial charge is 0.508 e. The van der Waals surface area contributed by atoms with Gasteiger partial charge in [0.2, 0.25) is 70.9 Å². The Morgan fingerprint density at radius 3 is 1.90 bits per heavy atom. The van der Waals surface area contributed by atoms with Crippen LogP contribution in [0.5, 0.6) is 5.75 Å². The van der Waals surface area contributed by atoms with Gasteiger partial charge in [-0.3, -0.25) is 62.5 Å². The summed E-state index contributed by atoms with van der Waals surface area (Å²) in [5.41, 5.74) is 18.0. The summed E-state index contributed by atoms with van der Waals surface area (Å²) in [5, 5.41) is 48.5. The monoisotopic (exact) mass is 1310 g/mol. The molecule has 0 radical (unpaired) electrons. The number of carbonyl (C=O) groups is 12. The van der Waals surface area contributed by atoms with Crippen molar-refractivity contribution in [1.29, 1.82) is 0 Å². The van der Waals surface area contributed by atoms with Crippen LogP contribution in [0.4, 0.5) is 0 Å². The van der Waals surface area contributed by atoms with Crippen molar-refractivity contribution < 1.29 is 67.7 Å². The highest BCUT2D eigenvalue weighted by molar-refractivity contribution is 6.30. The van der Waals surface area contributed by atoms with Crippen molar-refractivity contribution in [3.05, 3.63) is 113 Å². The Balaban J connectivity index is 1.27. The third-order valence-corrected chi connectivity index (χ3v) is 15.7. The second kappa shape index (κ2) is 34.5. The van der Waals surface area contributed by atoms with Crippen molar-refractivity contribution >= 4 is 99.2 Å². The van der Waals surface area contributed by atoms with E-state index >= 15 is 4.79 Å². The van der Waals surface area contributed by atoms with E-state index in [1.54, 1.807) is 50.2 Å². The number of phenolic OH excluding ortho intramolecular Hbond substituents is 1. The summed E-state index contributed by atoms with van der Waals surface area (Å²) >= 11 is 6.06. The number of hydrogen-bond donors (Lipinski definition) is 15. The van der Waals surface area contributed by atoms with E-state index in [4.69, 9.17) is 28.8 Å². The van der Waals surface area contributed by atoms with E-state index in [1.807, 2.05) is 30.3 Å². The molecule has 4 aromatic carbocycles. The van der Waals surface area contributed by atoms with Gasteiger partial charge in [-0.2, -0.15) is 0 Å². The molecule has 2 saturated heterocycles. The number of nitrogens with two attached hydrogens (primary N) is 3. The zero-order valence-corrected chi connectivity index (χ0v) is 52.8. The predicted octanol–water partition coefficient (Wildman–Crippen LogP) is -2.28. The van der Waals surface area contributed by atoms with Crippen molar-refractivity contribution in [2.24, 2.45) is 28.1 Å². The number of aliphatic hydroxyl groups excluding tert-OH is 1. The maximum absolute atomic E-state index is 15.0. The summed E-state index contributed by atoms with van der Waals surface area (Å²) < 4.78 is 0. The number of aliphatic hydroxyl groups is 1. The zero-order chi connectivity index (χ0) is 68.1. The fourth-order valence-electron chi connectivity index (χ4n) is 10.6. The van der Waals surface area contributed by atoms with Crippen LogP contribution in [0.25, 0.3) is 10.8 Å². The Labute approximate surface area is 541 Å². The van der Waals surface area contributed by atoms with Gasteiger partial charge >= 0.3 is 0 Å². The fourth-order valence-corrected chi connectivity index (χ4v) is 10.7. The lowest BCUT2D eigenvalue weighted by Crippen LogP contribution is -2.61. The minimum absolute atomic E-state index is 0.00685. The summed E-state index contributed by atoms with van der Waals surface area (Å²) in [6.07, 6.45) is -0.471. The van der Waals surface area contributed by atoms with E-state index in [9.17, 15) is 63.0 Å². The third kappa shape index (κ3) is 22.2. The average molecular weight is 1310 g/mol. The van der Waals surface area contributed by atoms with Gasteiger partial charge in [0.15, 0.2) is 5.96 Å². The summed E-state index contributed by atoms with van der Waals surface area (Å²) in [5.74, 6) is -10.9. The van der Waals surface area contributed by atoms with Crippen molar-refractivity contribution in [2.45, 2.75) is 146 Å². The molecule has 2 aliphatic heterocycles. The molecule has 0 unspecified atom stereocenters. The molecule has 4 aromatic rings. The number of amides is 12. The van der Waals surface area contributed by atoms with Gasteiger partial charge < -0.3 is 85.5 Å². The van der Waals surface area contributed by atoms with E-state index in [1.165, 1.54) is 36.1 Å². The normalized spacial score (nSPS) is 18.6. The smallest absolute Gasteiger partial charge is 0.245 e. The number of carbonyl (C=O) groups excluding carboxylic acids is 12. The van der Waals surface area contributed by atoms with Crippen LogP contribution >= 0.6 is 11.6 Å². The molecule has 2 heterocycles. The van der Waals surface area contributed by atoms with Gasteiger partial charge in [0.05, 0.1) is 13.0 Å². The molecule has 12 amide bonds. The number of rotatable bonds is 28. The van der Waals surface area contributed by atoms with Crippen molar-refractivity contribution in [3.63, 3.8) is 0 Å². The van der Waals surface area contributed by atoms with Crippen molar-refractivity contribution in [1.82, 2.24) is 58.1 Å². The first-order valence-electron chi connectivity index (χ1n) is 30.4. The highest BCUT2D eigenvalue weighted by Crippen LogP contribution is 2.22. The highest BCUT2D eigenvalue weighted by atomic mass is 35.5. The number of benzene rings is 4. The summed E-state index contributed by atoms with van der Waals surface area (Å²) in [7, 11) is 0. The van der Waals surface area contributed by atoms with Crippen LogP contribution in [-0.4, -0.2) is 179 Å². The van der Waals surface area contributed by atoms with Crippen molar-refractivity contribution in [3.8, 4) is 5.75 Å². The number of nitrogens with one attached hydrogen (secondary N) is 10. The van der Waals surface area contributed by atoms with Crippen LogP contribution in [0.1, 0.15) is 82.9 Å². The molecule has 29 nitrogen and oxygen atoms in total. The molecule has 0 spiro atoms. The second-order valence-corrected chi connectivity index (χ2v) is 23.8. The quantitative estimate of drug-likeness (QED) is 0.0162. The molecule has 500 valence electrons. The Kier molecular flexibility index (Phi) is 26.8. The lowest BCUT2D eigenvalue weighted by Gasteiger charge is -2.31. The summed E-state index contributed by atoms with van der Waals surface area (Å²) in [6, 6.07) is 10.5. The Bertz CT molecular complexity index is 3400. The zero-order valence-electron chi connectivity index (χ0n) is 52.0. The Hall–Kier alpha value is -9.90. The first-order valence-corrected chi connectivity index (χ1v) is 30.8. The van der Waals surface area contributed by atoms with E-state index in [0.29, 0.717) is 28.1 Å². The molecule has 2 fully saturated rings. The molecule has 93 heavy (non-hydrogen) atoms. The predicted molar refractivity (Wildman–Crippen MR) is 341 cm³/mol. The number of nitrogens with zero attached hydrogens (tertiary/aromatic N) is 2. The molecule has 6 rings (SSSR count). The summed E-state index contributed by atoms with van der Waals surface area (Å²) in [4.78, 5) is 171. The topological polar surface area (TPSA) is 459 Å². The second-order valence-electron chi connectivity index (χ2n) is 23.4. The fraction of sp³-hybridized carbons (Fsp3) is 0.444. The summed E-state index contributed by atoms with van der Waals surface area (Å²) in [6.45, 7) is 4.58. The van der Waals surface area contributed by atoms with Crippen LogP contribution in [0.3, 0.4) is 0 Å². The van der Waals surface area contributed by atoms with Crippen LogP contribution < -0.4 is 70.4 Å². The minimum Gasteiger partial charge on any atom is -0.508 e. The molecule has 0 aliphatic carbocycles. The van der Waals surface area contributed by atoms with Gasteiger partial charge in [0.1, 0.15) is 66.2 Å². The van der Waals surface area contributed by atoms with E-state index in [2.05, 4.69) is 58.2 Å². The molecule has 0 aromatic heterocycles. The maximum Gasteiger partial charge on any atom is 0.245 e. The standard InChI is InChI=1S/C63H82ClN15O14/c1-33(2)25-44(55(86)73-43(11-7-23-68-63(66)67)62(93)79-24-8-12-51(79)61(92)70-34(3)53(65)84)74-57(88)47(29-38-13-18-39-9-5-6-10-40(39)26-38)76-56(87)46(28-37-16-21-42(82)22-17-37)77-60(91)50(32-80)78-59(90)49-31-69-54(85)45(27-36-14-19-41(64)20-15-36)75-58(89)48(71-35(4)81)30-52(83)72-49/h5-6,9-10,13-22,26,33-34,43-51,80,82H,7-8,11-12,23-25,27-32H2,1-4H3,(H2,65,84)(H,69,85)(H,70,92)(H,71,81)(H,72,83)(H,73,86)(H,74,88)(H,75,89)(H,76,87)(H,77,91)(H,78,90)(H4,66,67,68)/t34-,43+,44-,45-,46+,47-,48+,49+,50+,51+/m1/s1. The molecule has 10 atom stereocenters.